The Bertz CT molecular complexity index is 219. The molecule has 0 spiro atoms. The fourth-order valence-electron chi connectivity index (χ4n) is 2.59. The van der Waals surface area contributed by atoms with E-state index in [0.29, 0.717) is 6.61 Å². The van der Waals surface area contributed by atoms with Gasteiger partial charge in [0.1, 0.15) is 0 Å². The first-order chi connectivity index (χ1) is 7.67. The maximum Gasteiger partial charge on any atom is 0.0971 e. The molecule has 2 heterocycles. The number of nitrogens with two attached hydrogens (primary N) is 1. The fraction of sp³-hybridized carbons (Fsp3) is 1.00. The van der Waals surface area contributed by atoms with E-state index in [4.69, 9.17) is 19.9 Å². The van der Waals surface area contributed by atoms with Crippen LogP contribution in [0.1, 0.15) is 6.42 Å². The standard InChI is InChI=1S/C11H22N2O3/c1-14-9-5-13(6-10(9)15-2)7-11(12)3-4-16-8-11/h9-10H,3-8,12H2,1-2H3. The third-order valence-corrected chi connectivity index (χ3v) is 3.57. The molecule has 0 aromatic rings. The number of ether oxygens (including phenoxy) is 3. The van der Waals surface area contributed by atoms with Crippen LogP contribution in [0.2, 0.25) is 0 Å². The number of hydrogen-bond donors (Lipinski definition) is 1. The molecule has 2 aliphatic heterocycles. The minimum atomic E-state index is -0.180. The number of nitrogens with zero attached hydrogens (tertiary/aromatic N) is 1. The zero-order chi connectivity index (χ0) is 11.6. The Labute approximate surface area is 96.8 Å². The Kier molecular flexibility index (Phi) is 3.81. The summed E-state index contributed by atoms with van der Waals surface area (Å²) >= 11 is 0. The maximum atomic E-state index is 6.26. The molecule has 2 aliphatic rings. The summed E-state index contributed by atoms with van der Waals surface area (Å²) < 4.78 is 16.2. The zero-order valence-electron chi connectivity index (χ0n) is 10.1. The molecule has 2 fully saturated rings. The molecule has 2 N–H and O–H groups in total. The summed E-state index contributed by atoms with van der Waals surface area (Å²) in [5.41, 5.74) is 6.08. The van der Waals surface area contributed by atoms with Crippen LogP contribution in [-0.2, 0) is 14.2 Å². The maximum absolute atomic E-state index is 6.26. The first kappa shape index (κ1) is 12.3. The van der Waals surface area contributed by atoms with Crippen LogP contribution in [0.15, 0.2) is 0 Å². The molecule has 5 nitrogen and oxygen atoms in total. The minimum absolute atomic E-state index is 0.163. The average molecular weight is 230 g/mol. The van der Waals surface area contributed by atoms with Gasteiger partial charge in [0.05, 0.1) is 24.4 Å². The van der Waals surface area contributed by atoms with Crippen LogP contribution in [0, 0.1) is 0 Å². The average Bonchev–Trinajstić information content (AvgIpc) is 2.85. The summed E-state index contributed by atoms with van der Waals surface area (Å²) in [4.78, 5) is 2.32. The Balaban J connectivity index is 1.87. The molecule has 0 aromatic carbocycles. The van der Waals surface area contributed by atoms with Crippen molar-refractivity contribution in [1.29, 1.82) is 0 Å². The van der Waals surface area contributed by atoms with Gasteiger partial charge in [0.2, 0.25) is 0 Å². The molecule has 5 heteroatoms. The van der Waals surface area contributed by atoms with E-state index in [2.05, 4.69) is 4.90 Å². The molecular weight excluding hydrogens is 208 g/mol. The summed E-state index contributed by atoms with van der Waals surface area (Å²) in [6, 6.07) is 0. The topological polar surface area (TPSA) is 57.0 Å². The number of methoxy groups -OCH3 is 2. The lowest BCUT2D eigenvalue weighted by atomic mass is 10.00. The zero-order valence-corrected chi connectivity index (χ0v) is 10.1. The summed E-state index contributed by atoms with van der Waals surface area (Å²) in [5, 5.41) is 0. The molecule has 3 unspecified atom stereocenters. The smallest absolute Gasteiger partial charge is 0.0971 e. The molecule has 0 radical (unpaired) electrons. The summed E-state index contributed by atoms with van der Waals surface area (Å²) in [6.45, 7) is 4.11. The highest BCUT2D eigenvalue weighted by atomic mass is 16.5. The quantitative estimate of drug-likeness (QED) is 0.702. The van der Waals surface area contributed by atoms with Crippen molar-refractivity contribution in [1.82, 2.24) is 4.90 Å². The molecule has 3 atom stereocenters. The second kappa shape index (κ2) is 4.98. The summed E-state index contributed by atoms with van der Waals surface area (Å²) in [6.07, 6.45) is 1.27. The van der Waals surface area contributed by atoms with Crippen molar-refractivity contribution in [3.05, 3.63) is 0 Å². The van der Waals surface area contributed by atoms with E-state index in [9.17, 15) is 0 Å². The largest absolute Gasteiger partial charge is 0.379 e. The Morgan fingerprint density at radius 3 is 2.38 bits per heavy atom. The predicted octanol–water partition coefficient (Wildman–Crippen LogP) is -0.550. The van der Waals surface area contributed by atoms with Gasteiger partial charge < -0.3 is 19.9 Å². The molecular formula is C11H22N2O3. The van der Waals surface area contributed by atoms with E-state index < -0.39 is 0 Å². The molecule has 0 aromatic heterocycles. The van der Waals surface area contributed by atoms with Crippen molar-refractivity contribution in [3.63, 3.8) is 0 Å². The van der Waals surface area contributed by atoms with Gasteiger partial charge in [-0.2, -0.15) is 0 Å². The second-order valence-corrected chi connectivity index (χ2v) is 4.91. The van der Waals surface area contributed by atoms with Gasteiger partial charge in [-0.15, -0.1) is 0 Å². The van der Waals surface area contributed by atoms with Gasteiger partial charge in [0, 0.05) is 40.5 Å². The van der Waals surface area contributed by atoms with Crippen molar-refractivity contribution in [3.8, 4) is 0 Å². The first-order valence-corrected chi connectivity index (χ1v) is 5.81. The monoisotopic (exact) mass is 230 g/mol. The highest BCUT2D eigenvalue weighted by molar-refractivity contribution is 4.95. The van der Waals surface area contributed by atoms with E-state index in [1.165, 1.54) is 0 Å². The molecule has 94 valence electrons. The van der Waals surface area contributed by atoms with Gasteiger partial charge in [-0.3, -0.25) is 4.90 Å². The molecule has 2 rings (SSSR count). The van der Waals surface area contributed by atoms with Gasteiger partial charge in [-0.1, -0.05) is 0 Å². The first-order valence-electron chi connectivity index (χ1n) is 5.81. The van der Waals surface area contributed by atoms with Crippen LogP contribution in [0.3, 0.4) is 0 Å². The highest BCUT2D eigenvalue weighted by Gasteiger charge is 2.38. The van der Waals surface area contributed by atoms with Crippen LogP contribution < -0.4 is 5.73 Å². The second-order valence-electron chi connectivity index (χ2n) is 4.91. The van der Waals surface area contributed by atoms with Crippen LogP contribution in [0.4, 0.5) is 0 Å². The third-order valence-electron chi connectivity index (χ3n) is 3.57. The van der Waals surface area contributed by atoms with Crippen molar-refractivity contribution >= 4 is 0 Å². The molecule has 0 bridgehead atoms. The Hall–Kier alpha value is -0.200. The van der Waals surface area contributed by atoms with Gasteiger partial charge in [0.25, 0.3) is 0 Å². The molecule has 0 aliphatic carbocycles. The van der Waals surface area contributed by atoms with Crippen LogP contribution >= 0.6 is 0 Å². The molecule has 0 amide bonds. The lowest BCUT2D eigenvalue weighted by Gasteiger charge is -2.27. The summed E-state index contributed by atoms with van der Waals surface area (Å²) in [5.74, 6) is 0. The minimum Gasteiger partial charge on any atom is -0.379 e. The van der Waals surface area contributed by atoms with Crippen molar-refractivity contribution in [2.24, 2.45) is 5.73 Å². The van der Waals surface area contributed by atoms with E-state index in [1.807, 2.05) is 0 Å². The molecule has 2 saturated heterocycles. The fourth-order valence-corrected chi connectivity index (χ4v) is 2.59. The normalized spacial score (nSPS) is 40.7. The van der Waals surface area contributed by atoms with Gasteiger partial charge >= 0.3 is 0 Å². The van der Waals surface area contributed by atoms with Gasteiger partial charge in [-0.05, 0) is 6.42 Å². The van der Waals surface area contributed by atoms with Crippen molar-refractivity contribution in [2.75, 3.05) is 47.1 Å². The van der Waals surface area contributed by atoms with E-state index in [0.717, 1.165) is 32.7 Å². The molecule has 0 saturated carbocycles. The van der Waals surface area contributed by atoms with Gasteiger partial charge in [0.15, 0.2) is 0 Å². The van der Waals surface area contributed by atoms with Gasteiger partial charge in [-0.25, -0.2) is 0 Å². The number of hydrogen-bond acceptors (Lipinski definition) is 5. The van der Waals surface area contributed by atoms with E-state index in [-0.39, 0.29) is 17.7 Å². The number of rotatable bonds is 4. The van der Waals surface area contributed by atoms with E-state index in [1.54, 1.807) is 14.2 Å². The number of likely N-dealkylation sites (tertiary alicyclic amines) is 1. The lowest BCUT2D eigenvalue weighted by Crippen LogP contribution is -2.50. The third kappa shape index (κ3) is 2.55. The Morgan fingerprint density at radius 2 is 1.94 bits per heavy atom. The SMILES string of the molecule is COC1CN(CC2(N)CCOC2)CC1OC. The van der Waals surface area contributed by atoms with Crippen molar-refractivity contribution < 1.29 is 14.2 Å². The van der Waals surface area contributed by atoms with Crippen LogP contribution in [0.5, 0.6) is 0 Å². The summed E-state index contributed by atoms with van der Waals surface area (Å²) in [7, 11) is 3.47. The highest BCUT2D eigenvalue weighted by Crippen LogP contribution is 2.22. The van der Waals surface area contributed by atoms with Crippen molar-refractivity contribution in [2.45, 2.75) is 24.2 Å². The van der Waals surface area contributed by atoms with E-state index >= 15 is 0 Å². The molecule has 16 heavy (non-hydrogen) atoms. The predicted molar refractivity (Wildman–Crippen MR) is 60.4 cm³/mol. The van der Waals surface area contributed by atoms with Crippen LogP contribution in [0.25, 0.3) is 0 Å². The van der Waals surface area contributed by atoms with Crippen LogP contribution in [-0.4, -0.2) is 69.7 Å². The Morgan fingerprint density at radius 1 is 1.31 bits per heavy atom. The lowest BCUT2D eigenvalue weighted by molar-refractivity contribution is -0.00461.